The molecule has 4 aromatic rings. The summed E-state index contributed by atoms with van der Waals surface area (Å²) >= 11 is 0. The highest BCUT2D eigenvalue weighted by Gasteiger charge is 2.29. The van der Waals surface area contributed by atoms with Crippen LogP contribution in [-0.4, -0.2) is 26.8 Å². The number of rotatable bonds is 8. The minimum Gasteiger partial charge on any atom is -0.478 e. The first kappa shape index (κ1) is 22.5. The van der Waals surface area contributed by atoms with E-state index in [1.807, 2.05) is 13.8 Å². The quantitative estimate of drug-likeness (QED) is 0.362. The van der Waals surface area contributed by atoms with Gasteiger partial charge in [-0.3, -0.25) is 0 Å². The molecule has 7 nitrogen and oxygen atoms in total. The van der Waals surface area contributed by atoms with Gasteiger partial charge in [0, 0.05) is 17.4 Å². The van der Waals surface area contributed by atoms with Gasteiger partial charge in [0.2, 0.25) is 5.89 Å². The lowest BCUT2D eigenvalue weighted by atomic mass is 10.0. The summed E-state index contributed by atoms with van der Waals surface area (Å²) in [6.07, 6.45) is 1.08. The number of benzene rings is 2. The predicted octanol–water partition coefficient (Wildman–Crippen LogP) is 5.77. The maximum Gasteiger partial charge on any atom is 0.347 e. The standard InChI is InChI=1S/C25H25FN2O5/c1-14(2)22-20(27-23(31-22)16-7-5-6-8-18(16)26)12-11-19-17-10-9-15(13-21(17)33-28-19)32-25(3,4)24(29)30/h5-10,13-14H,11-12H2,1-4H3,(H,29,30). The highest BCUT2D eigenvalue weighted by atomic mass is 19.1. The van der Waals surface area contributed by atoms with Crippen LogP contribution in [0, 0.1) is 5.82 Å². The Kier molecular flexibility index (Phi) is 5.93. The Hall–Kier alpha value is -3.68. The lowest BCUT2D eigenvalue weighted by Crippen LogP contribution is -2.37. The summed E-state index contributed by atoms with van der Waals surface area (Å²) < 4.78 is 31.2. The molecule has 0 fully saturated rings. The second kappa shape index (κ2) is 8.69. The fraction of sp³-hybridized carbons (Fsp3) is 0.320. The molecule has 0 aliphatic carbocycles. The van der Waals surface area contributed by atoms with Crippen LogP contribution in [0.2, 0.25) is 0 Å². The Morgan fingerprint density at radius 3 is 2.58 bits per heavy atom. The number of nitrogens with zero attached hydrogens (tertiary/aromatic N) is 2. The average Bonchev–Trinajstić information content (AvgIpc) is 3.36. The minimum atomic E-state index is -1.37. The summed E-state index contributed by atoms with van der Waals surface area (Å²) in [7, 11) is 0. The van der Waals surface area contributed by atoms with Crippen molar-refractivity contribution in [2.45, 2.75) is 52.1 Å². The number of aryl methyl sites for hydroxylation is 2. The second-order valence-electron chi connectivity index (χ2n) is 8.67. The molecule has 172 valence electrons. The second-order valence-corrected chi connectivity index (χ2v) is 8.67. The number of hydrogen-bond donors (Lipinski definition) is 1. The Morgan fingerprint density at radius 2 is 1.88 bits per heavy atom. The monoisotopic (exact) mass is 452 g/mol. The largest absolute Gasteiger partial charge is 0.478 e. The van der Waals surface area contributed by atoms with E-state index in [2.05, 4.69) is 10.1 Å². The van der Waals surface area contributed by atoms with Crippen molar-refractivity contribution in [2.75, 3.05) is 0 Å². The number of fused-ring (bicyclic) bond motifs is 1. The molecule has 1 N–H and O–H groups in total. The van der Waals surface area contributed by atoms with Crippen LogP contribution >= 0.6 is 0 Å². The maximum atomic E-state index is 14.2. The molecule has 0 saturated heterocycles. The maximum absolute atomic E-state index is 14.2. The first-order valence-electron chi connectivity index (χ1n) is 10.7. The van der Waals surface area contributed by atoms with Crippen LogP contribution in [-0.2, 0) is 17.6 Å². The van der Waals surface area contributed by atoms with E-state index in [0.29, 0.717) is 35.5 Å². The minimum absolute atomic E-state index is 0.0828. The van der Waals surface area contributed by atoms with Gasteiger partial charge in [0.05, 0.1) is 17.0 Å². The molecule has 0 amide bonds. The van der Waals surface area contributed by atoms with Gasteiger partial charge in [0.15, 0.2) is 11.2 Å². The average molecular weight is 452 g/mol. The van der Waals surface area contributed by atoms with Crippen LogP contribution < -0.4 is 4.74 Å². The highest BCUT2D eigenvalue weighted by Crippen LogP contribution is 2.31. The number of hydrogen-bond acceptors (Lipinski definition) is 6. The topological polar surface area (TPSA) is 98.6 Å². The summed E-state index contributed by atoms with van der Waals surface area (Å²) in [5, 5.41) is 14.2. The summed E-state index contributed by atoms with van der Waals surface area (Å²) in [6, 6.07) is 11.5. The molecule has 0 aliphatic heterocycles. The van der Waals surface area contributed by atoms with Crippen molar-refractivity contribution in [2.24, 2.45) is 0 Å². The number of carboxylic acid groups (broad SMARTS) is 1. The fourth-order valence-electron chi connectivity index (χ4n) is 3.53. The number of aliphatic carboxylic acids is 1. The molecule has 8 heteroatoms. The van der Waals surface area contributed by atoms with Crippen LogP contribution in [0.4, 0.5) is 4.39 Å². The van der Waals surface area contributed by atoms with E-state index in [0.717, 1.165) is 16.8 Å². The molecule has 0 atom stereocenters. The molecule has 2 aromatic heterocycles. The zero-order valence-electron chi connectivity index (χ0n) is 18.9. The van der Waals surface area contributed by atoms with Crippen LogP contribution in [0.1, 0.15) is 50.8 Å². The van der Waals surface area contributed by atoms with Crippen molar-refractivity contribution in [3.63, 3.8) is 0 Å². The zero-order valence-corrected chi connectivity index (χ0v) is 18.9. The Bertz CT molecular complexity index is 1310. The normalized spacial score (nSPS) is 11.9. The first-order chi connectivity index (χ1) is 15.7. The van der Waals surface area contributed by atoms with Crippen LogP contribution in [0.5, 0.6) is 5.75 Å². The SMILES string of the molecule is CC(C)c1oc(-c2ccccc2F)nc1CCc1noc2cc(OC(C)(C)C(=O)O)ccc12. The van der Waals surface area contributed by atoms with Gasteiger partial charge < -0.3 is 18.8 Å². The van der Waals surface area contributed by atoms with Gasteiger partial charge in [-0.1, -0.05) is 31.1 Å². The van der Waals surface area contributed by atoms with Crippen molar-refractivity contribution >= 4 is 16.9 Å². The third-order valence-electron chi connectivity index (χ3n) is 5.36. The number of halogens is 1. The van der Waals surface area contributed by atoms with Gasteiger partial charge in [0.25, 0.3) is 0 Å². The summed E-state index contributed by atoms with van der Waals surface area (Å²) in [6.45, 7) is 6.96. The fourth-order valence-corrected chi connectivity index (χ4v) is 3.53. The zero-order chi connectivity index (χ0) is 23.8. The van der Waals surface area contributed by atoms with E-state index in [9.17, 15) is 14.3 Å². The van der Waals surface area contributed by atoms with E-state index < -0.39 is 11.6 Å². The third-order valence-corrected chi connectivity index (χ3v) is 5.36. The van der Waals surface area contributed by atoms with Crippen molar-refractivity contribution < 1.29 is 28.0 Å². The van der Waals surface area contributed by atoms with Gasteiger partial charge in [-0.2, -0.15) is 0 Å². The van der Waals surface area contributed by atoms with Gasteiger partial charge in [-0.05, 0) is 51.0 Å². The summed E-state index contributed by atoms with van der Waals surface area (Å²) in [5.74, 6) is -0.00577. The van der Waals surface area contributed by atoms with E-state index in [1.54, 1.807) is 36.4 Å². The van der Waals surface area contributed by atoms with Crippen molar-refractivity contribution in [3.05, 3.63) is 65.4 Å². The number of aromatic nitrogens is 2. The van der Waals surface area contributed by atoms with Gasteiger partial charge in [-0.25, -0.2) is 14.2 Å². The van der Waals surface area contributed by atoms with E-state index in [1.165, 1.54) is 19.9 Å². The lowest BCUT2D eigenvalue weighted by molar-refractivity contribution is -0.152. The number of carboxylic acids is 1. The molecule has 0 spiro atoms. The molecule has 0 radical (unpaired) electrons. The lowest BCUT2D eigenvalue weighted by Gasteiger charge is -2.21. The third kappa shape index (κ3) is 4.60. The van der Waals surface area contributed by atoms with E-state index in [4.69, 9.17) is 13.7 Å². The van der Waals surface area contributed by atoms with Crippen LogP contribution in [0.25, 0.3) is 22.4 Å². The Balaban J connectivity index is 1.56. The molecule has 33 heavy (non-hydrogen) atoms. The predicted molar refractivity (Wildman–Crippen MR) is 120 cm³/mol. The van der Waals surface area contributed by atoms with Crippen LogP contribution in [0.3, 0.4) is 0 Å². The summed E-state index contributed by atoms with van der Waals surface area (Å²) in [4.78, 5) is 15.9. The van der Waals surface area contributed by atoms with E-state index >= 15 is 0 Å². The van der Waals surface area contributed by atoms with Gasteiger partial charge in [-0.15, -0.1) is 0 Å². The molecule has 2 heterocycles. The molecule has 0 saturated carbocycles. The van der Waals surface area contributed by atoms with Gasteiger partial charge in [0.1, 0.15) is 17.3 Å². The molecule has 0 aliphatic rings. The van der Waals surface area contributed by atoms with Crippen LogP contribution in [0.15, 0.2) is 51.4 Å². The van der Waals surface area contributed by atoms with E-state index in [-0.39, 0.29) is 17.6 Å². The van der Waals surface area contributed by atoms with Crippen molar-refractivity contribution in [1.82, 2.24) is 10.1 Å². The molecule has 0 bridgehead atoms. The molecule has 2 aromatic carbocycles. The van der Waals surface area contributed by atoms with Crippen molar-refractivity contribution in [1.29, 1.82) is 0 Å². The molecular formula is C25H25FN2O5. The number of oxazole rings is 1. The molecule has 4 rings (SSSR count). The number of carbonyl (C=O) groups is 1. The first-order valence-corrected chi connectivity index (χ1v) is 10.7. The number of ether oxygens (including phenoxy) is 1. The highest BCUT2D eigenvalue weighted by molar-refractivity contribution is 5.81. The molecular weight excluding hydrogens is 427 g/mol. The molecule has 0 unspecified atom stereocenters. The Labute approximate surface area is 190 Å². The van der Waals surface area contributed by atoms with Gasteiger partial charge >= 0.3 is 5.97 Å². The summed E-state index contributed by atoms with van der Waals surface area (Å²) in [5.41, 5.74) is 0.947. The Morgan fingerprint density at radius 1 is 1.15 bits per heavy atom. The smallest absolute Gasteiger partial charge is 0.347 e. The van der Waals surface area contributed by atoms with Crippen molar-refractivity contribution in [3.8, 4) is 17.2 Å².